The lowest BCUT2D eigenvalue weighted by Gasteiger charge is -2.40. The van der Waals surface area contributed by atoms with E-state index >= 15 is 0 Å². The molecule has 0 aromatic carbocycles. The SMILES string of the molecule is CO[C@@H]1CC[C@H](N2CCC(NC(=O)c3ccnc(C(C)(C)C)n3)C2=O)[C@H](CS(C)(=O)=O)C1. The Hall–Kier alpha value is -2.07. The van der Waals surface area contributed by atoms with E-state index in [2.05, 4.69) is 15.3 Å². The van der Waals surface area contributed by atoms with E-state index in [9.17, 15) is 18.0 Å². The van der Waals surface area contributed by atoms with E-state index in [1.165, 1.54) is 12.3 Å². The molecule has 1 aliphatic carbocycles. The number of carbonyl (C=O) groups excluding carboxylic acids is 2. The first kappa shape index (κ1) is 24.6. The number of methoxy groups -OCH3 is 1. The predicted molar refractivity (Wildman–Crippen MR) is 120 cm³/mol. The molecule has 0 radical (unpaired) electrons. The lowest BCUT2D eigenvalue weighted by atomic mass is 9.83. The average molecular weight is 467 g/mol. The number of hydrogen-bond acceptors (Lipinski definition) is 7. The Morgan fingerprint density at radius 1 is 1.28 bits per heavy atom. The Balaban J connectivity index is 1.70. The van der Waals surface area contributed by atoms with Gasteiger partial charge in [-0.2, -0.15) is 0 Å². The van der Waals surface area contributed by atoms with Gasteiger partial charge >= 0.3 is 0 Å². The highest BCUT2D eigenvalue weighted by molar-refractivity contribution is 7.90. The zero-order valence-electron chi connectivity index (χ0n) is 19.5. The number of rotatable bonds is 6. The van der Waals surface area contributed by atoms with Gasteiger partial charge in [-0.3, -0.25) is 9.59 Å². The molecule has 0 bridgehead atoms. The molecule has 1 aromatic heterocycles. The van der Waals surface area contributed by atoms with Gasteiger partial charge in [0.2, 0.25) is 5.91 Å². The summed E-state index contributed by atoms with van der Waals surface area (Å²) in [6, 6.07) is 0.724. The van der Waals surface area contributed by atoms with E-state index in [1.54, 1.807) is 18.2 Å². The molecule has 3 rings (SSSR count). The summed E-state index contributed by atoms with van der Waals surface area (Å²) < 4.78 is 29.4. The zero-order chi connectivity index (χ0) is 23.7. The highest BCUT2D eigenvalue weighted by Gasteiger charge is 2.43. The van der Waals surface area contributed by atoms with Gasteiger partial charge in [0, 0.05) is 37.6 Å². The number of carbonyl (C=O) groups is 2. The van der Waals surface area contributed by atoms with Gasteiger partial charge in [0.25, 0.3) is 5.91 Å². The maximum Gasteiger partial charge on any atom is 0.270 e. The maximum absolute atomic E-state index is 13.2. The Kier molecular flexibility index (Phi) is 7.24. The van der Waals surface area contributed by atoms with Crippen LogP contribution in [0.4, 0.5) is 0 Å². The van der Waals surface area contributed by atoms with E-state index in [4.69, 9.17) is 4.74 Å². The van der Waals surface area contributed by atoms with Gasteiger partial charge in [-0.15, -0.1) is 0 Å². The molecule has 10 heteroatoms. The molecule has 178 valence electrons. The minimum atomic E-state index is -3.20. The Labute approximate surface area is 190 Å². The van der Waals surface area contributed by atoms with Gasteiger partial charge in [-0.05, 0) is 37.7 Å². The fourth-order valence-corrected chi connectivity index (χ4v) is 5.78. The predicted octanol–water partition coefficient (Wildman–Crippen LogP) is 1.33. The molecule has 1 aromatic rings. The summed E-state index contributed by atoms with van der Waals surface area (Å²) in [4.78, 5) is 36.3. The quantitative estimate of drug-likeness (QED) is 0.672. The largest absolute Gasteiger partial charge is 0.381 e. The van der Waals surface area contributed by atoms with Crippen LogP contribution in [-0.4, -0.2) is 79.0 Å². The van der Waals surface area contributed by atoms with E-state index in [-0.39, 0.29) is 40.8 Å². The molecule has 1 saturated carbocycles. The number of nitrogens with zero attached hydrogens (tertiary/aromatic N) is 3. The second-order valence-corrected chi connectivity index (χ2v) is 12.1. The minimum Gasteiger partial charge on any atom is -0.381 e. The van der Waals surface area contributed by atoms with Gasteiger partial charge < -0.3 is 15.0 Å². The Morgan fingerprint density at radius 3 is 2.62 bits per heavy atom. The van der Waals surface area contributed by atoms with Crippen LogP contribution >= 0.6 is 0 Å². The Bertz CT molecular complexity index is 959. The summed E-state index contributed by atoms with van der Waals surface area (Å²) in [5, 5.41) is 2.81. The standard InChI is InChI=1S/C22H34N4O5S/c1-22(2,3)21-23-10-8-16(25-21)19(27)24-17-9-11-26(20(17)28)18-7-6-15(31-4)12-14(18)13-32(5,29)30/h8,10,14-15,17-18H,6-7,9,11-13H2,1-5H3,(H,24,27)/t14-,15+,17?,18-/m0/s1. The smallest absolute Gasteiger partial charge is 0.270 e. The lowest BCUT2D eigenvalue weighted by Crippen LogP contribution is -2.50. The van der Waals surface area contributed by atoms with Crippen molar-refractivity contribution in [2.75, 3.05) is 25.7 Å². The highest BCUT2D eigenvalue weighted by Crippen LogP contribution is 2.33. The molecule has 2 fully saturated rings. The van der Waals surface area contributed by atoms with Crippen molar-refractivity contribution >= 4 is 21.7 Å². The molecule has 9 nitrogen and oxygen atoms in total. The number of ether oxygens (including phenoxy) is 1. The van der Waals surface area contributed by atoms with Gasteiger partial charge in [-0.25, -0.2) is 18.4 Å². The molecule has 1 saturated heterocycles. The molecular weight excluding hydrogens is 432 g/mol. The minimum absolute atomic E-state index is 0.000909. The van der Waals surface area contributed by atoms with Crippen LogP contribution in [0.5, 0.6) is 0 Å². The Morgan fingerprint density at radius 2 is 2.00 bits per heavy atom. The number of likely N-dealkylation sites (tertiary alicyclic amines) is 1. The van der Waals surface area contributed by atoms with Gasteiger partial charge in [0.05, 0.1) is 11.9 Å². The molecule has 2 heterocycles. The van der Waals surface area contributed by atoms with E-state index in [0.717, 1.165) is 6.42 Å². The van der Waals surface area contributed by atoms with Crippen molar-refractivity contribution in [2.45, 2.75) is 70.1 Å². The second-order valence-electron chi connectivity index (χ2n) is 9.95. The first-order valence-electron chi connectivity index (χ1n) is 11.0. The van der Waals surface area contributed by atoms with Crippen molar-refractivity contribution in [3.63, 3.8) is 0 Å². The topological polar surface area (TPSA) is 119 Å². The third-order valence-electron chi connectivity index (χ3n) is 6.25. The monoisotopic (exact) mass is 466 g/mol. The molecule has 0 spiro atoms. The van der Waals surface area contributed by atoms with E-state index in [1.807, 2.05) is 20.8 Å². The van der Waals surface area contributed by atoms with E-state index in [0.29, 0.717) is 31.6 Å². The van der Waals surface area contributed by atoms with Crippen LogP contribution in [0.2, 0.25) is 0 Å². The summed E-state index contributed by atoms with van der Waals surface area (Å²) in [5.74, 6) is -0.174. The molecule has 32 heavy (non-hydrogen) atoms. The maximum atomic E-state index is 13.2. The van der Waals surface area contributed by atoms with Crippen LogP contribution < -0.4 is 5.32 Å². The molecule has 1 N–H and O–H groups in total. The molecule has 1 unspecified atom stereocenters. The third kappa shape index (κ3) is 5.83. The normalized spacial score (nSPS) is 26.9. The first-order valence-corrected chi connectivity index (χ1v) is 13.1. The molecule has 2 amide bonds. The fourth-order valence-electron chi connectivity index (χ4n) is 4.64. The van der Waals surface area contributed by atoms with Crippen molar-refractivity contribution in [3.8, 4) is 0 Å². The van der Waals surface area contributed by atoms with Gasteiger partial charge in [0.1, 0.15) is 27.4 Å². The summed E-state index contributed by atoms with van der Waals surface area (Å²) in [6.07, 6.45) is 5.33. The van der Waals surface area contributed by atoms with Crippen LogP contribution in [0.15, 0.2) is 12.3 Å². The first-order chi connectivity index (χ1) is 14.9. The molecule has 4 atom stereocenters. The number of sulfone groups is 1. The van der Waals surface area contributed by atoms with Gasteiger partial charge in [0.15, 0.2) is 0 Å². The summed E-state index contributed by atoms with van der Waals surface area (Å²) in [6.45, 7) is 6.39. The van der Waals surface area contributed by atoms with Crippen LogP contribution in [0.1, 0.15) is 62.8 Å². The average Bonchev–Trinajstić information content (AvgIpc) is 3.06. The summed E-state index contributed by atoms with van der Waals surface area (Å²) in [7, 11) is -1.57. The van der Waals surface area contributed by atoms with Crippen molar-refractivity contribution < 1.29 is 22.7 Å². The highest BCUT2D eigenvalue weighted by atomic mass is 32.2. The third-order valence-corrected chi connectivity index (χ3v) is 7.28. The molecular formula is C22H34N4O5S. The number of amides is 2. The number of nitrogens with one attached hydrogen (secondary N) is 1. The van der Waals surface area contributed by atoms with Crippen molar-refractivity contribution in [1.82, 2.24) is 20.2 Å². The molecule has 2 aliphatic rings. The summed E-state index contributed by atoms with van der Waals surface area (Å²) >= 11 is 0. The lowest BCUT2D eigenvalue weighted by molar-refractivity contribution is -0.133. The van der Waals surface area contributed by atoms with Crippen LogP contribution in [0.3, 0.4) is 0 Å². The van der Waals surface area contributed by atoms with Crippen molar-refractivity contribution in [1.29, 1.82) is 0 Å². The molecule has 1 aliphatic heterocycles. The summed E-state index contributed by atoms with van der Waals surface area (Å²) in [5.41, 5.74) is -0.0712. The number of aromatic nitrogens is 2. The van der Waals surface area contributed by atoms with Crippen LogP contribution in [-0.2, 0) is 24.8 Å². The van der Waals surface area contributed by atoms with Crippen molar-refractivity contribution in [3.05, 3.63) is 23.8 Å². The second kappa shape index (κ2) is 9.43. The van der Waals surface area contributed by atoms with Crippen LogP contribution in [0, 0.1) is 5.92 Å². The van der Waals surface area contributed by atoms with Crippen LogP contribution in [0.25, 0.3) is 0 Å². The van der Waals surface area contributed by atoms with E-state index < -0.39 is 21.8 Å². The van der Waals surface area contributed by atoms with Crippen molar-refractivity contribution in [2.24, 2.45) is 5.92 Å². The van der Waals surface area contributed by atoms with Gasteiger partial charge in [-0.1, -0.05) is 20.8 Å². The zero-order valence-corrected chi connectivity index (χ0v) is 20.3. The fraction of sp³-hybridized carbons (Fsp3) is 0.727. The number of hydrogen-bond donors (Lipinski definition) is 1.